The van der Waals surface area contributed by atoms with E-state index in [1.54, 1.807) is 20.8 Å². The van der Waals surface area contributed by atoms with Gasteiger partial charge in [-0.05, 0) is 33.6 Å². The van der Waals surface area contributed by atoms with Crippen molar-refractivity contribution in [2.75, 3.05) is 13.1 Å². The van der Waals surface area contributed by atoms with Crippen LogP contribution in [0, 0.1) is 0 Å². The summed E-state index contributed by atoms with van der Waals surface area (Å²) in [5.41, 5.74) is -0.539. The highest BCUT2D eigenvalue weighted by atomic mass is 16.6. The van der Waals surface area contributed by atoms with Crippen LogP contribution in [0.2, 0.25) is 0 Å². The van der Waals surface area contributed by atoms with Crippen LogP contribution in [0.1, 0.15) is 58.1 Å². The summed E-state index contributed by atoms with van der Waals surface area (Å²) in [6, 6.07) is 0. The van der Waals surface area contributed by atoms with Crippen LogP contribution in [0.4, 0.5) is 4.79 Å². The van der Waals surface area contributed by atoms with E-state index in [1.165, 1.54) is 12.8 Å². The van der Waals surface area contributed by atoms with Gasteiger partial charge < -0.3 is 19.9 Å². The van der Waals surface area contributed by atoms with Crippen molar-refractivity contribution in [2.24, 2.45) is 0 Å². The fourth-order valence-electron chi connectivity index (χ4n) is 2.72. The molecular formula is C17H29N5O3. The van der Waals surface area contributed by atoms with Crippen LogP contribution < -0.4 is 10.6 Å². The molecule has 25 heavy (non-hydrogen) atoms. The molecule has 1 aromatic rings. The van der Waals surface area contributed by atoms with E-state index in [0.29, 0.717) is 13.0 Å². The molecule has 0 saturated carbocycles. The molecular weight excluding hydrogens is 322 g/mol. The van der Waals surface area contributed by atoms with Gasteiger partial charge in [-0.15, -0.1) is 10.2 Å². The number of nitrogens with one attached hydrogen (secondary N) is 2. The summed E-state index contributed by atoms with van der Waals surface area (Å²) in [5.74, 6) is 1.89. The average Bonchev–Trinajstić information content (AvgIpc) is 2.74. The molecule has 2 rings (SSSR count). The Morgan fingerprint density at radius 1 is 1.12 bits per heavy atom. The third-order valence-electron chi connectivity index (χ3n) is 3.88. The molecule has 2 amide bonds. The first kappa shape index (κ1) is 19.2. The number of nitrogens with zero attached hydrogens (tertiary/aromatic N) is 3. The van der Waals surface area contributed by atoms with Gasteiger partial charge in [0.1, 0.15) is 17.2 Å². The molecule has 0 saturated heterocycles. The molecule has 8 nitrogen and oxygen atoms in total. The molecule has 0 aromatic carbocycles. The molecule has 0 spiro atoms. The van der Waals surface area contributed by atoms with E-state index in [1.807, 2.05) is 0 Å². The lowest BCUT2D eigenvalue weighted by Gasteiger charge is -2.19. The Labute approximate surface area is 148 Å². The maximum atomic E-state index is 11.8. The Hall–Kier alpha value is -2.12. The quantitative estimate of drug-likeness (QED) is 0.811. The van der Waals surface area contributed by atoms with E-state index in [9.17, 15) is 9.59 Å². The van der Waals surface area contributed by atoms with Gasteiger partial charge in [-0.2, -0.15) is 0 Å². The lowest BCUT2D eigenvalue weighted by molar-refractivity contribution is -0.120. The third kappa shape index (κ3) is 6.72. The zero-order valence-corrected chi connectivity index (χ0v) is 15.4. The molecule has 1 aliphatic rings. The van der Waals surface area contributed by atoms with Crippen molar-refractivity contribution in [1.29, 1.82) is 0 Å². The van der Waals surface area contributed by atoms with E-state index < -0.39 is 11.7 Å². The van der Waals surface area contributed by atoms with Gasteiger partial charge in [0, 0.05) is 38.9 Å². The van der Waals surface area contributed by atoms with Crippen molar-refractivity contribution in [3.63, 3.8) is 0 Å². The predicted octanol–water partition coefficient (Wildman–Crippen LogP) is 1.58. The van der Waals surface area contributed by atoms with Gasteiger partial charge in [-0.25, -0.2) is 4.79 Å². The van der Waals surface area contributed by atoms with E-state index >= 15 is 0 Å². The molecule has 0 radical (unpaired) electrons. The average molecular weight is 351 g/mol. The number of hydrogen-bond acceptors (Lipinski definition) is 5. The summed E-state index contributed by atoms with van der Waals surface area (Å²) >= 11 is 0. The van der Waals surface area contributed by atoms with Crippen LogP contribution in [0.3, 0.4) is 0 Å². The Morgan fingerprint density at radius 2 is 1.92 bits per heavy atom. The highest BCUT2D eigenvalue weighted by molar-refractivity contribution is 5.77. The minimum Gasteiger partial charge on any atom is -0.444 e. The Bertz CT molecular complexity index is 592. The molecule has 0 fully saturated rings. The number of aryl methyl sites for hydroxylation is 1. The number of aromatic nitrogens is 3. The van der Waals surface area contributed by atoms with Gasteiger partial charge in [0.25, 0.3) is 0 Å². The first-order chi connectivity index (χ1) is 11.8. The zero-order chi connectivity index (χ0) is 18.3. The zero-order valence-electron chi connectivity index (χ0n) is 15.4. The van der Waals surface area contributed by atoms with Crippen LogP contribution in [0.25, 0.3) is 0 Å². The number of rotatable bonds is 6. The number of carbonyl (C=O) groups is 2. The van der Waals surface area contributed by atoms with Gasteiger partial charge in [0.05, 0.1) is 0 Å². The second kappa shape index (κ2) is 8.82. The summed E-state index contributed by atoms with van der Waals surface area (Å²) in [7, 11) is 0. The van der Waals surface area contributed by atoms with Crippen molar-refractivity contribution >= 4 is 12.0 Å². The largest absolute Gasteiger partial charge is 0.444 e. The Morgan fingerprint density at radius 3 is 2.68 bits per heavy atom. The summed E-state index contributed by atoms with van der Waals surface area (Å²) in [4.78, 5) is 23.3. The normalized spacial score (nSPS) is 14.4. The lowest BCUT2D eigenvalue weighted by atomic mass is 10.2. The van der Waals surface area contributed by atoms with Crippen molar-refractivity contribution in [3.05, 3.63) is 11.6 Å². The number of alkyl carbamates (subject to hydrolysis) is 1. The van der Waals surface area contributed by atoms with Gasteiger partial charge >= 0.3 is 6.09 Å². The summed E-state index contributed by atoms with van der Waals surface area (Å²) in [6.07, 6.45) is 4.90. The second-order valence-electron chi connectivity index (χ2n) is 7.27. The molecule has 140 valence electrons. The van der Waals surface area contributed by atoms with Crippen molar-refractivity contribution in [1.82, 2.24) is 25.4 Å². The van der Waals surface area contributed by atoms with Crippen molar-refractivity contribution in [2.45, 2.75) is 71.4 Å². The van der Waals surface area contributed by atoms with Crippen LogP contribution in [-0.4, -0.2) is 45.5 Å². The topological polar surface area (TPSA) is 98.1 Å². The first-order valence-electron chi connectivity index (χ1n) is 8.99. The summed E-state index contributed by atoms with van der Waals surface area (Å²) in [5, 5.41) is 13.9. The summed E-state index contributed by atoms with van der Waals surface area (Å²) in [6.45, 7) is 7.12. The SMILES string of the molecule is CC(C)(C)OC(=O)NCCC(=O)NCCc1nnc2n1CCCCC2. The Kier molecular flexibility index (Phi) is 6.78. The van der Waals surface area contributed by atoms with Crippen LogP contribution in [-0.2, 0) is 28.9 Å². The third-order valence-corrected chi connectivity index (χ3v) is 3.88. The molecule has 2 heterocycles. The number of amides is 2. The maximum absolute atomic E-state index is 11.8. The number of ether oxygens (including phenoxy) is 1. The van der Waals surface area contributed by atoms with Crippen LogP contribution >= 0.6 is 0 Å². The van der Waals surface area contributed by atoms with Gasteiger partial charge in [0.15, 0.2) is 0 Å². The number of carbonyl (C=O) groups excluding carboxylic acids is 2. The smallest absolute Gasteiger partial charge is 0.407 e. The molecule has 2 N–H and O–H groups in total. The minimum absolute atomic E-state index is 0.105. The first-order valence-corrected chi connectivity index (χ1v) is 8.99. The fourth-order valence-corrected chi connectivity index (χ4v) is 2.72. The van der Waals surface area contributed by atoms with E-state index in [4.69, 9.17) is 4.74 Å². The van der Waals surface area contributed by atoms with Gasteiger partial charge in [-0.3, -0.25) is 4.79 Å². The monoisotopic (exact) mass is 351 g/mol. The molecule has 0 bridgehead atoms. The Balaban J connectivity index is 1.64. The highest BCUT2D eigenvalue weighted by Gasteiger charge is 2.16. The second-order valence-corrected chi connectivity index (χ2v) is 7.27. The lowest BCUT2D eigenvalue weighted by Crippen LogP contribution is -2.35. The maximum Gasteiger partial charge on any atom is 0.407 e. The highest BCUT2D eigenvalue weighted by Crippen LogP contribution is 2.14. The van der Waals surface area contributed by atoms with Crippen LogP contribution in [0.5, 0.6) is 0 Å². The minimum atomic E-state index is -0.539. The standard InChI is InChI=1S/C17H29N5O3/c1-17(2,3)25-16(24)19-11-9-15(23)18-10-8-14-21-20-13-7-5-4-6-12-22(13)14/h4-12H2,1-3H3,(H,18,23)(H,19,24). The number of hydrogen-bond donors (Lipinski definition) is 2. The fraction of sp³-hybridized carbons (Fsp3) is 0.765. The van der Waals surface area contributed by atoms with Crippen LogP contribution in [0.15, 0.2) is 0 Å². The molecule has 8 heteroatoms. The molecule has 1 aliphatic heterocycles. The van der Waals surface area contributed by atoms with E-state index in [-0.39, 0.29) is 18.9 Å². The predicted molar refractivity (Wildman–Crippen MR) is 93.1 cm³/mol. The summed E-state index contributed by atoms with van der Waals surface area (Å²) < 4.78 is 7.30. The van der Waals surface area contributed by atoms with Gasteiger partial charge in [-0.1, -0.05) is 6.42 Å². The van der Waals surface area contributed by atoms with E-state index in [0.717, 1.165) is 31.0 Å². The molecule has 0 atom stereocenters. The van der Waals surface area contributed by atoms with E-state index in [2.05, 4.69) is 25.4 Å². The van der Waals surface area contributed by atoms with Gasteiger partial charge in [0.2, 0.25) is 5.91 Å². The molecule has 0 aliphatic carbocycles. The molecule has 0 unspecified atom stereocenters. The van der Waals surface area contributed by atoms with Crippen molar-refractivity contribution < 1.29 is 14.3 Å². The number of fused-ring (bicyclic) bond motifs is 1. The van der Waals surface area contributed by atoms with Crippen molar-refractivity contribution in [3.8, 4) is 0 Å². The molecule has 1 aromatic heterocycles.